The fourth-order valence-corrected chi connectivity index (χ4v) is 2.59. The van der Waals surface area contributed by atoms with Crippen molar-refractivity contribution in [2.24, 2.45) is 0 Å². The van der Waals surface area contributed by atoms with E-state index in [0.29, 0.717) is 24.5 Å². The first-order chi connectivity index (χ1) is 10.6. The molecule has 1 aliphatic rings. The minimum atomic E-state index is -0.329. The number of nitrogens with zero attached hydrogens (tertiary/aromatic N) is 1. The van der Waals surface area contributed by atoms with E-state index in [-0.39, 0.29) is 24.6 Å². The van der Waals surface area contributed by atoms with Gasteiger partial charge in [-0.2, -0.15) is 0 Å². The number of likely N-dealkylation sites (tertiary alicyclic amines) is 1. The topological polar surface area (TPSA) is 58.6 Å². The highest BCUT2D eigenvalue weighted by atomic mass is 35.5. The summed E-state index contributed by atoms with van der Waals surface area (Å²) in [5, 5.41) is 3.04. The summed E-state index contributed by atoms with van der Waals surface area (Å²) >= 11 is 5.49. The molecule has 1 fully saturated rings. The van der Waals surface area contributed by atoms with Gasteiger partial charge in [0.05, 0.1) is 5.88 Å². The molecule has 1 heterocycles. The Morgan fingerprint density at radius 2 is 2.00 bits per heavy atom. The number of alkyl halides is 1. The fourth-order valence-electron chi connectivity index (χ4n) is 2.51. The minimum absolute atomic E-state index is 0.0544. The maximum absolute atomic E-state index is 12.3. The lowest BCUT2D eigenvalue weighted by Crippen LogP contribution is -2.46. The SMILES string of the molecule is Cc1ccccc1C(=O)NC1CCN(C(=O)OCCCl)CC1. The highest BCUT2D eigenvalue weighted by Crippen LogP contribution is 2.13. The van der Waals surface area contributed by atoms with Crippen LogP contribution in [0, 0.1) is 6.92 Å². The summed E-state index contributed by atoms with van der Waals surface area (Å²) in [6.45, 7) is 3.31. The molecule has 0 unspecified atom stereocenters. The van der Waals surface area contributed by atoms with Crippen LogP contribution in [-0.4, -0.2) is 48.5 Å². The van der Waals surface area contributed by atoms with E-state index in [0.717, 1.165) is 18.4 Å². The smallest absolute Gasteiger partial charge is 0.409 e. The van der Waals surface area contributed by atoms with E-state index in [1.807, 2.05) is 31.2 Å². The summed E-state index contributed by atoms with van der Waals surface area (Å²) < 4.78 is 5.00. The number of carbonyl (C=O) groups excluding carboxylic acids is 2. The van der Waals surface area contributed by atoms with Crippen molar-refractivity contribution in [1.29, 1.82) is 0 Å². The third-order valence-corrected chi connectivity index (χ3v) is 3.94. The fraction of sp³-hybridized carbons (Fsp3) is 0.500. The Labute approximate surface area is 135 Å². The predicted octanol–water partition coefficient (Wildman–Crippen LogP) is 2.56. The van der Waals surface area contributed by atoms with Crippen molar-refractivity contribution in [3.05, 3.63) is 35.4 Å². The zero-order valence-corrected chi connectivity index (χ0v) is 13.4. The van der Waals surface area contributed by atoms with Gasteiger partial charge in [0, 0.05) is 24.7 Å². The molecule has 0 aliphatic carbocycles. The zero-order valence-electron chi connectivity index (χ0n) is 12.7. The Kier molecular flexibility index (Phi) is 6.07. The zero-order chi connectivity index (χ0) is 15.9. The van der Waals surface area contributed by atoms with Crippen molar-refractivity contribution in [2.45, 2.75) is 25.8 Å². The number of ether oxygens (including phenoxy) is 1. The van der Waals surface area contributed by atoms with Gasteiger partial charge in [-0.25, -0.2) is 4.79 Å². The molecule has 22 heavy (non-hydrogen) atoms. The highest BCUT2D eigenvalue weighted by molar-refractivity contribution is 6.18. The number of rotatable bonds is 4. The Morgan fingerprint density at radius 1 is 1.32 bits per heavy atom. The molecule has 1 aromatic carbocycles. The van der Waals surface area contributed by atoms with Gasteiger partial charge < -0.3 is 15.0 Å². The molecule has 0 spiro atoms. The van der Waals surface area contributed by atoms with Crippen LogP contribution in [0.2, 0.25) is 0 Å². The third-order valence-electron chi connectivity index (χ3n) is 3.78. The normalized spacial score (nSPS) is 15.5. The summed E-state index contributed by atoms with van der Waals surface area (Å²) in [5.41, 5.74) is 1.66. The number of benzene rings is 1. The Morgan fingerprint density at radius 3 is 2.64 bits per heavy atom. The standard InChI is InChI=1S/C16H21ClN2O3/c1-12-4-2-3-5-14(12)15(20)18-13-6-9-19(10-7-13)16(21)22-11-8-17/h2-5,13H,6-11H2,1H3,(H,18,20). The maximum Gasteiger partial charge on any atom is 0.409 e. The van der Waals surface area contributed by atoms with Crippen LogP contribution >= 0.6 is 11.6 Å². The van der Waals surface area contributed by atoms with Gasteiger partial charge in [-0.1, -0.05) is 18.2 Å². The van der Waals surface area contributed by atoms with Gasteiger partial charge in [0.15, 0.2) is 0 Å². The summed E-state index contributed by atoms with van der Waals surface area (Å²) in [4.78, 5) is 25.6. The lowest BCUT2D eigenvalue weighted by atomic mass is 10.0. The van der Waals surface area contributed by atoms with Gasteiger partial charge in [0.2, 0.25) is 0 Å². The largest absolute Gasteiger partial charge is 0.448 e. The van der Waals surface area contributed by atoms with Crippen LogP contribution in [0.4, 0.5) is 4.79 Å². The maximum atomic E-state index is 12.3. The van der Waals surface area contributed by atoms with E-state index in [1.54, 1.807) is 4.90 Å². The van der Waals surface area contributed by atoms with Crippen molar-refractivity contribution < 1.29 is 14.3 Å². The molecule has 2 rings (SSSR count). The van der Waals surface area contributed by atoms with Crippen molar-refractivity contribution in [1.82, 2.24) is 10.2 Å². The van der Waals surface area contributed by atoms with Crippen LogP contribution in [0.15, 0.2) is 24.3 Å². The predicted molar refractivity (Wildman–Crippen MR) is 85.3 cm³/mol. The molecule has 0 radical (unpaired) electrons. The second kappa shape index (κ2) is 8.03. The molecule has 0 bridgehead atoms. The van der Waals surface area contributed by atoms with E-state index in [4.69, 9.17) is 16.3 Å². The molecule has 1 saturated heterocycles. The average molecular weight is 325 g/mol. The molecular weight excluding hydrogens is 304 g/mol. The lowest BCUT2D eigenvalue weighted by molar-refractivity contribution is 0.0861. The number of hydrogen-bond donors (Lipinski definition) is 1. The van der Waals surface area contributed by atoms with E-state index in [2.05, 4.69) is 5.32 Å². The number of carbonyl (C=O) groups is 2. The Hall–Kier alpha value is -1.75. The number of nitrogens with one attached hydrogen (secondary N) is 1. The van der Waals surface area contributed by atoms with Crippen LogP contribution < -0.4 is 5.32 Å². The number of amides is 2. The molecule has 1 N–H and O–H groups in total. The van der Waals surface area contributed by atoms with Crippen molar-refractivity contribution in [3.8, 4) is 0 Å². The van der Waals surface area contributed by atoms with Crippen LogP contribution in [0.25, 0.3) is 0 Å². The minimum Gasteiger partial charge on any atom is -0.448 e. The van der Waals surface area contributed by atoms with Gasteiger partial charge in [-0.3, -0.25) is 4.79 Å². The molecule has 5 nitrogen and oxygen atoms in total. The second-order valence-corrected chi connectivity index (χ2v) is 5.73. The van der Waals surface area contributed by atoms with Crippen molar-refractivity contribution >= 4 is 23.6 Å². The summed E-state index contributed by atoms with van der Waals surface area (Å²) in [7, 11) is 0. The number of piperidine rings is 1. The lowest BCUT2D eigenvalue weighted by Gasteiger charge is -2.31. The van der Waals surface area contributed by atoms with Crippen LogP contribution in [0.5, 0.6) is 0 Å². The van der Waals surface area contributed by atoms with Gasteiger partial charge in [-0.05, 0) is 31.4 Å². The van der Waals surface area contributed by atoms with E-state index in [9.17, 15) is 9.59 Å². The Bertz CT molecular complexity index is 528. The summed E-state index contributed by atoms with van der Waals surface area (Å²) in [6.07, 6.45) is 1.13. The average Bonchev–Trinajstić information content (AvgIpc) is 2.53. The van der Waals surface area contributed by atoms with Crippen LogP contribution in [-0.2, 0) is 4.74 Å². The molecular formula is C16H21ClN2O3. The van der Waals surface area contributed by atoms with E-state index in [1.165, 1.54) is 0 Å². The van der Waals surface area contributed by atoms with Crippen molar-refractivity contribution in [2.75, 3.05) is 25.6 Å². The molecule has 1 aromatic rings. The van der Waals surface area contributed by atoms with Gasteiger partial charge >= 0.3 is 6.09 Å². The van der Waals surface area contributed by atoms with E-state index >= 15 is 0 Å². The molecule has 120 valence electrons. The molecule has 0 aromatic heterocycles. The molecule has 2 amide bonds. The molecule has 0 saturated carbocycles. The van der Waals surface area contributed by atoms with Gasteiger partial charge in [0.1, 0.15) is 6.61 Å². The van der Waals surface area contributed by atoms with Gasteiger partial charge in [-0.15, -0.1) is 11.6 Å². The molecule has 0 atom stereocenters. The van der Waals surface area contributed by atoms with Crippen molar-refractivity contribution in [3.63, 3.8) is 0 Å². The highest BCUT2D eigenvalue weighted by Gasteiger charge is 2.25. The quantitative estimate of drug-likeness (QED) is 0.866. The first kappa shape index (κ1) is 16.6. The first-order valence-electron chi connectivity index (χ1n) is 7.46. The molecule has 6 heteroatoms. The number of aryl methyl sites for hydroxylation is 1. The van der Waals surface area contributed by atoms with Crippen LogP contribution in [0.1, 0.15) is 28.8 Å². The number of hydrogen-bond acceptors (Lipinski definition) is 3. The second-order valence-electron chi connectivity index (χ2n) is 5.35. The molecule has 1 aliphatic heterocycles. The monoisotopic (exact) mass is 324 g/mol. The summed E-state index contributed by atoms with van der Waals surface area (Å²) in [6, 6.07) is 7.60. The summed E-state index contributed by atoms with van der Waals surface area (Å²) in [5.74, 6) is 0.246. The van der Waals surface area contributed by atoms with E-state index < -0.39 is 0 Å². The van der Waals surface area contributed by atoms with Crippen LogP contribution in [0.3, 0.4) is 0 Å². The van der Waals surface area contributed by atoms with Gasteiger partial charge in [0.25, 0.3) is 5.91 Å². The Balaban J connectivity index is 1.81. The number of halogens is 1. The third kappa shape index (κ3) is 4.37. The first-order valence-corrected chi connectivity index (χ1v) is 7.99.